The van der Waals surface area contributed by atoms with Crippen LogP contribution in [-0.4, -0.2) is 24.2 Å². The van der Waals surface area contributed by atoms with Crippen molar-refractivity contribution in [2.45, 2.75) is 43.9 Å². The van der Waals surface area contributed by atoms with Gasteiger partial charge in [0.2, 0.25) is 5.91 Å². The largest absolute Gasteiger partial charge is 0.396 e. The predicted octanol–water partition coefficient (Wildman–Crippen LogP) is 2.39. The van der Waals surface area contributed by atoms with Gasteiger partial charge in [0.15, 0.2) is 0 Å². The molecular weight excluding hydrogens is 250 g/mol. The van der Waals surface area contributed by atoms with Crippen molar-refractivity contribution in [1.29, 1.82) is 0 Å². The lowest BCUT2D eigenvalue weighted by Gasteiger charge is -2.41. The van der Waals surface area contributed by atoms with Gasteiger partial charge in [0, 0.05) is 13.2 Å². The van der Waals surface area contributed by atoms with Crippen LogP contribution in [0.5, 0.6) is 0 Å². The van der Waals surface area contributed by atoms with E-state index in [4.69, 9.17) is 5.11 Å². The molecule has 1 aromatic rings. The number of aliphatic hydroxyl groups excluding tert-OH is 1. The summed E-state index contributed by atoms with van der Waals surface area (Å²) in [4.78, 5) is 12.7. The smallest absolute Gasteiger partial charge is 0.230 e. The molecule has 0 aromatic heterocycles. The van der Waals surface area contributed by atoms with Crippen molar-refractivity contribution in [3.05, 3.63) is 35.9 Å². The summed E-state index contributed by atoms with van der Waals surface area (Å²) in [6, 6.07) is 10.2. The van der Waals surface area contributed by atoms with E-state index < -0.39 is 0 Å². The lowest BCUT2D eigenvalue weighted by Crippen LogP contribution is -2.50. The number of benzene rings is 1. The minimum atomic E-state index is -0.295. The summed E-state index contributed by atoms with van der Waals surface area (Å²) in [7, 11) is 0. The first kappa shape index (κ1) is 13.6. The number of carbonyl (C=O) groups excluding carboxylic acids is 1. The van der Waals surface area contributed by atoms with E-state index in [1.807, 2.05) is 18.2 Å². The summed E-state index contributed by atoms with van der Waals surface area (Å²) in [5.41, 5.74) is 1.04. The van der Waals surface area contributed by atoms with E-state index in [2.05, 4.69) is 17.4 Å². The average Bonchev–Trinajstić information content (AvgIpc) is 3.17. The van der Waals surface area contributed by atoms with Crippen LogP contribution in [0, 0.1) is 5.41 Å². The van der Waals surface area contributed by atoms with Crippen molar-refractivity contribution in [3.63, 3.8) is 0 Å². The number of nitrogens with one attached hydrogen (secondary N) is 1. The van der Waals surface area contributed by atoms with Crippen molar-refractivity contribution in [2.75, 3.05) is 13.2 Å². The van der Waals surface area contributed by atoms with Crippen LogP contribution in [0.25, 0.3) is 0 Å². The quantitative estimate of drug-likeness (QED) is 0.836. The molecule has 2 fully saturated rings. The summed E-state index contributed by atoms with van der Waals surface area (Å²) in [6.07, 6.45) is 6.11. The van der Waals surface area contributed by atoms with Crippen LogP contribution in [0.4, 0.5) is 0 Å². The normalized spacial score (nSPS) is 21.9. The monoisotopic (exact) mass is 273 g/mol. The molecule has 0 atom stereocenters. The average molecular weight is 273 g/mol. The fraction of sp³-hybridized carbons (Fsp3) is 0.588. The van der Waals surface area contributed by atoms with Crippen molar-refractivity contribution in [3.8, 4) is 0 Å². The minimum Gasteiger partial charge on any atom is -0.396 e. The van der Waals surface area contributed by atoms with Gasteiger partial charge in [-0.05, 0) is 43.1 Å². The third-order valence-corrected chi connectivity index (χ3v) is 5.19. The van der Waals surface area contributed by atoms with Gasteiger partial charge < -0.3 is 10.4 Å². The van der Waals surface area contributed by atoms with Crippen LogP contribution in [-0.2, 0) is 10.2 Å². The lowest BCUT2D eigenvalue weighted by atomic mass is 9.64. The fourth-order valence-electron chi connectivity index (χ4n) is 3.30. The van der Waals surface area contributed by atoms with Crippen LogP contribution in [0.15, 0.2) is 30.3 Å². The Hall–Kier alpha value is -1.35. The van der Waals surface area contributed by atoms with Gasteiger partial charge in [-0.3, -0.25) is 4.79 Å². The molecule has 1 aromatic carbocycles. The highest BCUT2D eigenvalue weighted by Gasteiger charge is 2.47. The maximum atomic E-state index is 12.7. The molecule has 0 unspecified atom stereocenters. The van der Waals surface area contributed by atoms with E-state index >= 15 is 0 Å². The topological polar surface area (TPSA) is 49.3 Å². The van der Waals surface area contributed by atoms with Gasteiger partial charge in [-0.1, -0.05) is 36.8 Å². The number of carbonyl (C=O) groups is 1. The zero-order valence-corrected chi connectivity index (χ0v) is 11.9. The Morgan fingerprint density at radius 2 is 1.85 bits per heavy atom. The minimum absolute atomic E-state index is 0.180. The van der Waals surface area contributed by atoms with Crippen LogP contribution in [0.2, 0.25) is 0 Å². The van der Waals surface area contributed by atoms with Gasteiger partial charge in [0.25, 0.3) is 0 Å². The third kappa shape index (κ3) is 2.35. The maximum Gasteiger partial charge on any atom is 0.230 e. The van der Waals surface area contributed by atoms with Gasteiger partial charge >= 0.3 is 0 Å². The molecule has 0 saturated heterocycles. The molecule has 0 aliphatic heterocycles. The van der Waals surface area contributed by atoms with Crippen LogP contribution in [0.1, 0.15) is 44.1 Å². The zero-order valence-electron chi connectivity index (χ0n) is 11.9. The van der Waals surface area contributed by atoms with E-state index in [9.17, 15) is 4.79 Å². The standard InChI is InChI=1S/C17H23NO2/c19-12-11-16(9-10-16)13-18-15(20)17(7-4-8-17)14-5-2-1-3-6-14/h1-3,5-6,19H,4,7-13H2,(H,18,20). The second-order valence-corrected chi connectivity index (χ2v) is 6.46. The molecule has 20 heavy (non-hydrogen) atoms. The maximum absolute atomic E-state index is 12.7. The molecule has 2 N–H and O–H groups in total. The van der Waals surface area contributed by atoms with Crippen molar-refractivity contribution in [1.82, 2.24) is 5.32 Å². The molecule has 0 bridgehead atoms. The Morgan fingerprint density at radius 3 is 2.35 bits per heavy atom. The molecule has 3 nitrogen and oxygen atoms in total. The number of amides is 1. The van der Waals surface area contributed by atoms with Crippen molar-refractivity contribution < 1.29 is 9.90 Å². The number of aliphatic hydroxyl groups is 1. The predicted molar refractivity (Wildman–Crippen MR) is 78.4 cm³/mol. The van der Waals surface area contributed by atoms with Crippen molar-refractivity contribution >= 4 is 5.91 Å². The molecule has 2 aliphatic carbocycles. The number of hydrogen-bond donors (Lipinski definition) is 2. The van der Waals surface area contributed by atoms with Gasteiger partial charge in [0.05, 0.1) is 5.41 Å². The molecule has 2 saturated carbocycles. The van der Waals surface area contributed by atoms with E-state index in [1.165, 1.54) is 0 Å². The Balaban J connectivity index is 1.66. The first-order valence-corrected chi connectivity index (χ1v) is 7.66. The molecule has 3 heteroatoms. The van der Waals surface area contributed by atoms with Gasteiger partial charge in [-0.25, -0.2) is 0 Å². The molecule has 0 heterocycles. The van der Waals surface area contributed by atoms with Crippen LogP contribution < -0.4 is 5.32 Å². The molecule has 3 rings (SSSR count). The SMILES string of the molecule is O=C(NCC1(CCO)CC1)C1(c2ccccc2)CCC1. The summed E-state index contributed by atoms with van der Waals surface area (Å²) in [5.74, 6) is 0.180. The second kappa shape index (κ2) is 5.21. The van der Waals surface area contributed by atoms with Gasteiger partial charge in [-0.2, -0.15) is 0 Å². The fourth-order valence-corrected chi connectivity index (χ4v) is 3.30. The summed E-state index contributed by atoms with van der Waals surface area (Å²) in [5, 5.41) is 12.3. The Labute approximate surface area is 120 Å². The number of rotatable bonds is 6. The van der Waals surface area contributed by atoms with E-state index in [1.54, 1.807) is 0 Å². The Bertz CT molecular complexity index is 475. The summed E-state index contributed by atoms with van der Waals surface area (Å²) >= 11 is 0. The van der Waals surface area contributed by atoms with Crippen LogP contribution >= 0.6 is 0 Å². The highest BCUT2D eigenvalue weighted by molar-refractivity contribution is 5.89. The molecular formula is C17H23NO2. The molecule has 108 valence electrons. The highest BCUT2D eigenvalue weighted by Crippen LogP contribution is 2.49. The second-order valence-electron chi connectivity index (χ2n) is 6.46. The Morgan fingerprint density at radius 1 is 1.15 bits per heavy atom. The molecule has 0 radical (unpaired) electrons. The summed E-state index contributed by atoms with van der Waals surface area (Å²) < 4.78 is 0. The molecule has 1 amide bonds. The highest BCUT2D eigenvalue weighted by atomic mass is 16.3. The molecule has 2 aliphatic rings. The van der Waals surface area contributed by atoms with Crippen LogP contribution in [0.3, 0.4) is 0 Å². The van der Waals surface area contributed by atoms with E-state index in [-0.39, 0.29) is 23.3 Å². The van der Waals surface area contributed by atoms with Gasteiger partial charge in [-0.15, -0.1) is 0 Å². The van der Waals surface area contributed by atoms with E-state index in [0.29, 0.717) is 0 Å². The Kier molecular flexibility index (Phi) is 3.55. The number of hydrogen-bond acceptors (Lipinski definition) is 2. The van der Waals surface area contributed by atoms with E-state index in [0.717, 1.165) is 50.6 Å². The lowest BCUT2D eigenvalue weighted by molar-refractivity contribution is -0.130. The first-order chi connectivity index (χ1) is 9.71. The third-order valence-electron chi connectivity index (χ3n) is 5.19. The van der Waals surface area contributed by atoms with Gasteiger partial charge in [0.1, 0.15) is 0 Å². The van der Waals surface area contributed by atoms with Crippen molar-refractivity contribution in [2.24, 2.45) is 5.41 Å². The summed E-state index contributed by atoms with van der Waals surface area (Å²) in [6.45, 7) is 0.945. The zero-order chi connectivity index (χ0) is 14.1. The first-order valence-electron chi connectivity index (χ1n) is 7.66. The molecule has 0 spiro atoms.